The standard InChI is InChI=1S/C24H21NO5S/c1-28-24(27)21-18(16-7-6-14-4-2-3-5-15(14)10-16)12-31-23(21)25-22(26)17-8-9-19-20(11-17)30-13-29-19/h6-12H,2-5,13H2,1H3,(H,25,26). The maximum Gasteiger partial charge on any atom is 0.341 e. The van der Waals surface area contributed by atoms with Gasteiger partial charge in [0.2, 0.25) is 6.79 Å². The van der Waals surface area contributed by atoms with E-state index in [4.69, 9.17) is 14.2 Å². The molecular formula is C24H21NO5S. The minimum absolute atomic E-state index is 0.141. The zero-order valence-electron chi connectivity index (χ0n) is 17.0. The maximum atomic E-state index is 12.9. The summed E-state index contributed by atoms with van der Waals surface area (Å²) in [5.41, 5.74) is 5.23. The van der Waals surface area contributed by atoms with Gasteiger partial charge in [0, 0.05) is 16.5 Å². The lowest BCUT2D eigenvalue weighted by Crippen LogP contribution is -2.14. The van der Waals surface area contributed by atoms with Gasteiger partial charge in [-0.25, -0.2) is 4.79 Å². The van der Waals surface area contributed by atoms with Crippen LogP contribution in [0.25, 0.3) is 11.1 Å². The van der Waals surface area contributed by atoms with E-state index in [2.05, 4.69) is 17.4 Å². The molecule has 1 aliphatic heterocycles. The molecule has 2 aromatic carbocycles. The minimum Gasteiger partial charge on any atom is -0.465 e. The van der Waals surface area contributed by atoms with E-state index in [0.29, 0.717) is 27.6 Å². The van der Waals surface area contributed by atoms with Crippen molar-refractivity contribution in [1.82, 2.24) is 0 Å². The van der Waals surface area contributed by atoms with Crippen molar-refractivity contribution in [3.05, 3.63) is 64.0 Å². The quantitative estimate of drug-likeness (QED) is 0.580. The van der Waals surface area contributed by atoms with Crippen molar-refractivity contribution in [2.75, 3.05) is 19.2 Å². The van der Waals surface area contributed by atoms with Crippen LogP contribution in [-0.4, -0.2) is 25.8 Å². The molecule has 31 heavy (non-hydrogen) atoms. The Morgan fingerprint density at radius 2 is 1.81 bits per heavy atom. The summed E-state index contributed by atoms with van der Waals surface area (Å²) in [6.07, 6.45) is 4.55. The lowest BCUT2D eigenvalue weighted by Gasteiger charge is -2.16. The zero-order chi connectivity index (χ0) is 21.4. The molecule has 3 aromatic rings. The Balaban J connectivity index is 1.48. The molecule has 0 spiro atoms. The molecule has 6 nitrogen and oxygen atoms in total. The highest BCUT2D eigenvalue weighted by Crippen LogP contribution is 2.38. The molecular weight excluding hydrogens is 414 g/mol. The average Bonchev–Trinajstić information content (AvgIpc) is 3.44. The number of rotatable bonds is 4. The Morgan fingerprint density at radius 3 is 2.65 bits per heavy atom. The molecule has 0 radical (unpaired) electrons. The number of carbonyl (C=O) groups excluding carboxylic acids is 2. The van der Waals surface area contributed by atoms with Crippen molar-refractivity contribution in [3.63, 3.8) is 0 Å². The van der Waals surface area contributed by atoms with Gasteiger partial charge in [-0.15, -0.1) is 11.3 Å². The van der Waals surface area contributed by atoms with Gasteiger partial charge in [0.1, 0.15) is 10.6 Å². The predicted octanol–water partition coefficient (Wildman–Crippen LogP) is 5.06. The van der Waals surface area contributed by atoms with Crippen LogP contribution < -0.4 is 14.8 Å². The number of methoxy groups -OCH3 is 1. The van der Waals surface area contributed by atoms with Crippen LogP contribution in [0.15, 0.2) is 41.8 Å². The third-order valence-electron chi connectivity index (χ3n) is 5.70. The van der Waals surface area contributed by atoms with Gasteiger partial charge >= 0.3 is 5.97 Å². The number of hydrogen-bond acceptors (Lipinski definition) is 6. The third-order valence-corrected chi connectivity index (χ3v) is 6.60. The first-order chi connectivity index (χ1) is 15.1. The van der Waals surface area contributed by atoms with E-state index in [1.807, 2.05) is 11.4 Å². The number of ether oxygens (including phenoxy) is 3. The number of carbonyl (C=O) groups is 2. The fourth-order valence-electron chi connectivity index (χ4n) is 4.08. The molecule has 0 bridgehead atoms. The Hall–Kier alpha value is -3.32. The van der Waals surface area contributed by atoms with Crippen LogP contribution in [0, 0.1) is 0 Å². The highest BCUT2D eigenvalue weighted by molar-refractivity contribution is 7.15. The third kappa shape index (κ3) is 3.65. The van der Waals surface area contributed by atoms with Crippen LogP contribution in [0.3, 0.4) is 0 Å². The Kier molecular flexibility index (Phi) is 5.11. The van der Waals surface area contributed by atoms with Crippen molar-refractivity contribution < 1.29 is 23.8 Å². The van der Waals surface area contributed by atoms with Gasteiger partial charge in [-0.2, -0.15) is 0 Å². The number of amides is 1. The van der Waals surface area contributed by atoms with Crippen LogP contribution in [0.2, 0.25) is 0 Å². The fraction of sp³-hybridized carbons (Fsp3) is 0.250. The van der Waals surface area contributed by atoms with Gasteiger partial charge in [-0.3, -0.25) is 4.79 Å². The van der Waals surface area contributed by atoms with Crippen LogP contribution in [0.4, 0.5) is 5.00 Å². The predicted molar refractivity (Wildman–Crippen MR) is 118 cm³/mol. The molecule has 5 rings (SSSR count). The number of benzene rings is 2. The first-order valence-corrected chi connectivity index (χ1v) is 11.0. The Morgan fingerprint density at radius 1 is 1.00 bits per heavy atom. The molecule has 0 saturated heterocycles. The van der Waals surface area contributed by atoms with Crippen molar-refractivity contribution in [1.29, 1.82) is 0 Å². The molecule has 158 valence electrons. The fourth-order valence-corrected chi connectivity index (χ4v) is 5.03. The molecule has 2 aliphatic rings. The van der Waals surface area contributed by atoms with Crippen molar-refractivity contribution in [2.45, 2.75) is 25.7 Å². The molecule has 2 heterocycles. The van der Waals surface area contributed by atoms with Crippen molar-refractivity contribution >= 4 is 28.2 Å². The van der Waals surface area contributed by atoms with E-state index < -0.39 is 5.97 Å². The van der Waals surface area contributed by atoms with Gasteiger partial charge in [0.15, 0.2) is 11.5 Å². The first-order valence-electron chi connectivity index (χ1n) is 10.2. The summed E-state index contributed by atoms with van der Waals surface area (Å²) in [7, 11) is 1.35. The van der Waals surface area contributed by atoms with Crippen LogP contribution in [-0.2, 0) is 17.6 Å². The number of fused-ring (bicyclic) bond motifs is 2. The van der Waals surface area contributed by atoms with Gasteiger partial charge < -0.3 is 19.5 Å². The summed E-state index contributed by atoms with van der Waals surface area (Å²) in [4.78, 5) is 25.5. The highest BCUT2D eigenvalue weighted by Gasteiger charge is 2.24. The topological polar surface area (TPSA) is 73.9 Å². The molecule has 1 N–H and O–H groups in total. The highest BCUT2D eigenvalue weighted by atomic mass is 32.1. The van der Waals surface area contributed by atoms with Crippen molar-refractivity contribution in [3.8, 4) is 22.6 Å². The lowest BCUT2D eigenvalue weighted by atomic mass is 9.89. The largest absolute Gasteiger partial charge is 0.465 e. The SMILES string of the molecule is COC(=O)c1c(-c2ccc3c(c2)CCCC3)csc1NC(=O)c1ccc2c(c1)OCO2. The summed E-state index contributed by atoms with van der Waals surface area (Å²) < 4.78 is 15.7. The summed E-state index contributed by atoms with van der Waals surface area (Å²) >= 11 is 1.31. The second-order valence-electron chi connectivity index (χ2n) is 7.56. The molecule has 0 fully saturated rings. The smallest absolute Gasteiger partial charge is 0.341 e. The van der Waals surface area contributed by atoms with Crippen LogP contribution in [0.1, 0.15) is 44.7 Å². The van der Waals surface area contributed by atoms with Gasteiger partial charge in [0.25, 0.3) is 5.91 Å². The van der Waals surface area contributed by atoms with Crippen LogP contribution >= 0.6 is 11.3 Å². The summed E-state index contributed by atoms with van der Waals surface area (Å²) in [5, 5.41) is 5.22. The van der Waals surface area contributed by atoms with Gasteiger partial charge in [0.05, 0.1) is 7.11 Å². The monoisotopic (exact) mass is 435 g/mol. The van der Waals surface area contributed by atoms with Gasteiger partial charge in [-0.1, -0.05) is 18.2 Å². The van der Waals surface area contributed by atoms with Crippen LogP contribution in [0.5, 0.6) is 11.5 Å². The second-order valence-corrected chi connectivity index (χ2v) is 8.44. The molecule has 1 aliphatic carbocycles. The van der Waals surface area contributed by atoms with E-state index in [-0.39, 0.29) is 12.7 Å². The first kappa shape index (κ1) is 19.6. The molecule has 7 heteroatoms. The van der Waals surface area contributed by atoms with E-state index in [0.717, 1.165) is 24.0 Å². The Bertz CT molecular complexity index is 1180. The number of aryl methyl sites for hydroxylation is 2. The number of thiophene rings is 1. The number of nitrogens with one attached hydrogen (secondary N) is 1. The zero-order valence-corrected chi connectivity index (χ0v) is 17.8. The second kappa shape index (κ2) is 8.07. The summed E-state index contributed by atoms with van der Waals surface area (Å²) in [6, 6.07) is 11.3. The van der Waals surface area contributed by atoms with E-state index in [1.54, 1.807) is 18.2 Å². The Labute approximate surface area is 183 Å². The van der Waals surface area contributed by atoms with Crippen molar-refractivity contribution in [2.24, 2.45) is 0 Å². The summed E-state index contributed by atoms with van der Waals surface area (Å²) in [5.74, 6) is 0.330. The number of anilines is 1. The van der Waals surface area contributed by atoms with Gasteiger partial charge in [-0.05, 0) is 60.6 Å². The molecule has 0 atom stereocenters. The summed E-state index contributed by atoms with van der Waals surface area (Å²) in [6.45, 7) is 0.141. The number of hydrogen-bond donors (Lipinski definition) is 1. The van der Waals surface area contributed by atoms with E-state index >= 15 is 0 Å². The number of esters is 1. The molecule has 1 aromatic heterocycles. The molecule has 0 unspecified atom stereocenters. The minimum atomic E-state index is -0.477. The molecule has 1 amide bonds. The van der Waals surface area contributed by atoms with E-state index in [9.17, 15) is 9.59 Å². The molecule has 0 saturated carbocycles. The normalized spacial score (nSPS) is 14.1. The lowest BCUT2D eigenvalue weighted by molar-refractivity contribution is 0.0603. The van der Waals surface area contributed by atoms with E-state index in [1.165, 1.54) is 42.4 Å². The average molecular weight is 436 g/mol. The maximum absolute atomic E-state index is 12.9.